The number of ether oxygens (including phenoxy) is 2. The molecule has 1 aromatic heterocycles. The molecule has 1 unspecified atom stereocenters. The summed E-state index contributed by atoms with van der Waals surface area (Å²) in [4.78, 5) is 18.6. The maximum absolute atomic E-state index is 12.6. The second-order valence-electron chi connectivity index (χ2n) is 6.55. The number of rotatable bonds is 5. The largest absolute Gasteiger partial charge is 0.468 e. The first-order valence-corrected chi connectivity index (χ1v) is 8.72. The fourth-order valence-corrected chi connectivity index (χ4v) is 3.44. The molecule has 144 valence electrons. The Morgan fingerprint density at radius 2 is 2.12 bits per heavy atom. The zero-order chi connectivity index (χ0) is 18.6. The number of nitrogens with zero attached hydrogens (tertiary/aromatic N) is 2. The minimum atomic E-state index is -4.42. The molecule has 0 aromatic carbocycles. The van der Waals surface area contributed by atoms with E-state index in [1.165, 1.54) is 31.2 Å². The predicted molar refractivity (Wildman–Crippen MR) is 88.0 cm³/mol. The highest BCUT2D eigenvalue weighted by Gasteiger charge is 2.35. The topological polar surface area (TPSA) is 63.7 Å². The molecule has 1 aromatic rings. The summed E-state index contributed by atoms with van der Waals surface area (Å²) < 4.78 is 46.4. The lowest BCUT2D eigenvalue weighted by atomic mass is 10.1. The minimum Gasteiger partial charge on any atom is -0.468 e. The number of alkyl halides is 3. The van der Waals surface area contributed by atoms with Crippen molar-refractivity contribution in [1.82, 2.24) is 9.88 Å². The van der Waals surface area contributed by atoms with Crippen molar-refractivity contribution >= 4 is 11.6 Å². The molecule has 1 N–H and O–H groups in total. The highest BCUT2D eigenvalue weighted by atomic mass is 19.4. The van der Waals surface area contributed by atoms with E-state index in [0.29, 0.717) is 24.9 Å². The minimum absolute atomic E-state index is 0.145. The first-order chi connectivity index (χ1) is 12.4. The molecule has 1 amide bonds. The van der Waals surface area contributed by atoms with Crippen molar-refractivity contribution in [2.45, 2.75) is 43.9 Å². The van der Waals surface area contributed by atoms with Crippen LogP contribution in [0.2, 0.25) is 0 Å². The molecule has 26 heavy (non-hydrogen) atoms. The number of halogens is 3. The van der Waals surface area contributed by atoms with E-state index in [9.17, 15) is 18.0 Å². The Bertz CT molecular complexity index is 604. The highest BCUT2D eigenvalue weighted by Crippen LogP contribution is 2.27. The lowest BCUT2D eigenvalue weighted by molar-refractivity contribution is -0.154. The monoisotopic (exact) mass is 373 g/mol. The molecule has 0 radical (unpaired) electrons. The van der Waals surface area contributed by atoms with E-state index in [1.807, 2.05) is 0 Å². The van der Waals surface area contributed by atoms with Crippen molar-refractivity contribution in [3.8, 4) is 5.88 Å². The van der Waals surface area contributed by atoms with Gasteiger partial charge in [-0.25, -0.2) is 4.98 Å². The molecular formula is C17H22F3N3O3. The van der Waals surface area contributed by atoms with Crippen LogP contribution in [0, 0.1) is 0 Å². The van der Waals surface area contributed by atoms with Crippen LogP contribution in [0.4, 0.5) is 18.9 Å². The number of amides is 1. The maximum atomic E-state index is 12.6. The molecule has 6 nitrogen and oxygen atoms in total. The smallest absolute Gasteiger partial charge is 0.422 e. The van der Waals surface area contributed by atoms with Crippen LogP contribution in [0.3, 0.4) is 0 Å². The normalized spacial score (nSPS) is 22.3. The third kappa shape index (κ3) is 5.07. The van der Waals surface area contributed by atoms with Crippen molar-refractivity contribution in [3.05, 3.63) is 18.3 Å². The van der Waals surface area contributed by atoms with Crippen molar-refractivity contribution < 1.29 is 27.4 Å². The summed E-state index contributed by atoms with van der Waals surface area (Å²) in [6, 6.07) is 2.81. The van der Waals surface area contributed by atoms with Gasteiger partial charge in [-0.2, -0.15) is 13.2 Å². The summed E-state index contributed by atoms with van der Waals surface area (Å²) in [6.07, 6.45) is 1.42. The number of hydrogen-bond donors (Lipinski definition) is 1. The Kier molecular flexibility index (Phi) is 5.98. The van der Waals surface area contributed by atoms with E-state index in [2.05, 4.69) is 19.9 Å². The van der Waals surface area contributed by atoms with Crippen LogP contribution in [0.15, 0.2) is 18.3 Å². The van der Waals surface area contributed by atoms with Crippen LogP contribution in [0.5, 0.6) is 5.88 Å². The van der Waals surface area contributed by atoms with E-state index in [4.69, 9.17) is 4.74 Å². The van der Waals surface area contributed by atoms with Gasteiger partial charge in [-0.15, -0.1) is 0 Å². The molecule has 1 aliphatic carbocycles. The number of carbonyl (C=O) groups is 1. The lowest BCUT2D eigenvalue weighted by Gasteiger charge is -2.38. The van der Waals surface area contributed by atoms with Gasteiger partial charge in [-0.3, -0.25) is 9.69 Å². The molecule has 2 fully saturated rings. The fourth-order valence-electron chi connectivity index (χ4n) is 3.44. The van der Waals surface area contributed by atoms with Gasteiger partial charge in [0.05, 0.1) is 25.1 Å². The highest BCUT2D eigenvalue weighted by molar-refractivity contribution is 5.94. The van der Waals surface area contributed by atoms with E-state index in [0.717, 1.165) is 19.4 Å². The second-order valence-corrected chi connectivity index (χ2v) is 6.55. The number of carbonyl (C=O) groups excluding carboxylic acids is 1. The Morgan fingerprint density at radius 1 is 1.35 bits per heavy atom. The first-order valence-electron chi connectivity index (χ1n) is 8.72. The van der Waals surface area contributed by atoms with Gasteiger partial charge in [-0.1, -0.05) is 12.8 Å². The number of nitrogens with one attached hydrogen (secondary N) is 1. The average Bonchev–Trinajstić information content (AvgIpc) is 3.15. The first kappa shape index (κ1) is 18.9. The van der Waals surface area contributed by atoms with Gasteiger partial charge in [0.15, 0.2) is 6.61 Å². The third-order valence-corrected chi connectivity index (χ3v) is 4.65. The molecule has 1 atom stereocenters. The Morgan fingerprint density at radius 3 is 2.77 bits per heavy atom. The van der Waals surface area contributed by atoms with Gasteiger partial charge >= 0.3 is 6.18 Å². The standard InChI is InChI=1S/C17H22F3N3O3/c18-17(19,20)11-26-15-6-5-12(9-21-15)22-16(24)14-10-25-8-7-23(14)13-3-1-2-4-13/h5-6,9,13-14H,1-4,7-8,10-11H2,(H,22,24). The zero-order valence-electron chi connectivity index (χ0n) is 14.3. The van der Waals surface area contributed by atoms with Crippen LogP contribution in [0.25, 0.3) is 0 Å². The van der Waals surface area contributed by atoms with Crippen LogP contribution in [-0.4, -0.2) is 60.4 Å². The molecule has 1 saturated heterocycles. The van der Waals surface area contributed by atoms with Crippen LogP contribution in [-0.2, 0) is 9.53 Å². The fraction of sp³-hybridized carbons (Fsp3) is 0.647. The van der Waals surface area contributed by atoms with Crippen LogP contribution < -0.4 is 10.1 Å². The molecule has 2 heterocycles. The summed E-state index contributed by atoms with van der Waals surface area (Å²) >= 11 is 0. The van der Waals surface area contributed by atoms with Crippen molar-refractivity contribution in [2.75, 3.05) is 31.7 Å². The Balaban J connectivity index is 1.57. The zero-order valence-corrected chi connectivity index (χ0v) is 14.3. The lowest BCUT2D eigenvalue weighted by Crippen LogP contribution is -2.55. The Labute approximate surface area is 149 Å². The van der Waals surface area contributed by atoms with E-state index in [1.54, 1.807) is 0 Å². The van der Waals surface area contributed by atoms with Gasteiger partial charge in [0, 0.05) is 18.7 Å². The summed E-state index contributed by atoms with van der Waals surface area (Å²) in [7, 11) is 0. The average molecular weight is 373 g/mol. The van der Waals surface area contributed by atoms with Crippen molar-refractivity contribution in [2.24, 2.45) is 0 Å². The summed E-state index contributed by atoms with van der Waals surface area (Å²) in [5.41, 5.74) is 0.409. The number of pyridine rings is 1. The maximum Gasteiger partial charge on any atom is 0.422 e. The second kappa shape index (κ2) is 8.22. The van der Waals surface area contributed by atoms with Crippen LogP contribution in [0.1, 0.15) is 25.7 Å². The van der Waals surface area contributed by atoms with E-state index in [-0.39, 0.29) is 17.8 Å². The Hall–Kier alpha value is -1.87. The number of morpholine rings is 1. The summed E-state index contributed by atoms with van der Waals surface area (Å²) in [5.74, 6) is -0.337. The molecule has 1 aliphatic heterocycles. The molecule has 9 heteroatoms. The van der Waals surface area contributed by atoms with Crippen LogP contribution >= 0.6 is 0 Å². The predicted octanol–water partition coefficient (Wildman–Crippen LogP) is 2.60. The van der Waals surface area contributed by atoms with Crippen molar-refractivity contribution in [1.29, 1.82) is 0 Å². The van der Waals surface area contributed by atoms with E-state index >= 15 is 0 Å². The molecule has 2 aliphatic rings. The SMILES string of the molecule is O=C(Nc1ccc(OCC(F)(F)F)nc1)C1COCCN1C1CCCC1. The molecule has 0 spiro atoms. The molecule has 1 saturated carbocycles. The van der Waals surface area contributed by atoms with Gasteiger partial charge in [0.1, 0.15) is 6.04 Å². The summed E-state index contributed by atoms with van der Waals surface area (Å²) in [6.45, 7) is 0.280. The van der Waals surface area contributed by atoms with E-state index < -0.39 is 12.8 Å². The van der Waals surface area contributed by atoms with Gasteiger partial charge in [0.2, 0.25) is 11.8 Å². The number of anilines is 1. The van der Waals surface area contributed by atoms with Gasteiger partial charge < -0.3 is 14.8 Å². The van der Waals surface area contributed by atoms with Crippen molar-refractivity contribution in [3.63, 3.8) is 0 Å². The third-order valence-electron chi connectivity index (χ3n) is 4.65. The quantitative estimate of drug-likeness (QED) is 0.860. The number of aromatic nitrogens is 1. The number of hydrogen-bond acceptors (Lipinski definition) is 5. The molecular weight excluding hydrogens is 351 g/mol. The van der Waals surface area contributed by atoms with Gasteiger partial charge in [0.25, 0.3) is 0 Å². The van der Waals surface area contributed by atoms with Gasteiger partial charge in [-0.05, 0) is 18.9 Å². The molecule has 0 bridgehead atoms. The molecule has 3 rings (SSSR count). The summed E-state index contributed by atoms with van der Waals surface area (Å²) in [5, 5.41) is 2.76.